The summed E-state index contributed by atoms with van der Waals surface area (Å²) in [5, 5.41) is 0. The fraction of sp³-hybridized carbons (Fsp3) is 0.143. The van der Waals surface area contributed by atoms with Gasteiger partial charge in [-0.25, -0.2) is 0 Å². The molecule has 1 rings (SSSR count). The quantitative estimate of drug-likeness (QED) is 0.536. The summed E-state index contributed by atoms with van der Waals surface area (Å²) in [7, 11) is 1.41. The van der Waals surface area contributed by atoms with E-state index in [-0.39, 0.29) is 23.9 Å². The van der Waals surface area contributed by atoms with Crippen LogP contribution in [0, 0.1) is 0 Å². The molecule has 0 aliphatic heterocycles. The molecule has 1 nitrogen and oxygen atoms in total. The van der Waals surface area contributed by atoms with Gasteiger partial charge in [0, 0.05) is 0 Å². The number of hydrogen-bond acceptors (Lipinski definition) is 1. The summed E-state index contributed by atoms with van der Waals surface area (Å²) in [6.45, 7) is 0. The number of methoxy groups -OCH3 is 1. The van der Waals surface area contributed by atoms with Gasteiger partial charge < -0.3 is 4.74 Å². The van der Waals surface area contributed by atoms with Gasteiger partial charge >= 0.3 is 0 Å². The zero-order valence-electron chi connectivity index (χ0n) is 7.56. The maximum Gasteiger partial charge on any atom is 0.118 e. The highest BCUT2D eigenvalue weighted by Crippen LogP contribution is 2.05. The normalized spacial score (nSPS) is 13.9. The van der Waals surface area contributed by atoms with Crippen LogP contribution in [0.25, 0.3) is 0 Å². The minimum Gasteiger partial charge on any atom is -0.497 e. The molecule has 1 heteroatoms. The first-order valence-electron chi connectivity index (χ1n) is 3.77. The van der Waals surface area contributed by atoms with E-state index >= 15 is 0 Å². The van der Waals surface area contributed by atoms with Crippen molar-refractivity contribution in [3.05, 3.63) is 30.3 Å². The Balaban J connectivity index is 3.25. The van der Waals surface area contributed by atoms with Crippen molar-refractivity contribution in [2.24, 2.45) is 0 Å². The Labute approximate surface area is 53.1 Å². The largest absolute Gasteiger partial charge is 0.497 e. The Morgan fingerprint density at radius 2 is 2.12 bits per heavy atom. The van der Waals surface area contributed by atoms with E-state index in [2.05, 4.69) is 0 Å². The van der Waals surface area contributed by atoms with Crippen molar-refractivity contribution in [3.63, 3.8) is 0 Å². The Morgan fingerprint density at radius 3 is 2.62 bits per heavy atom. The van der Waals surface area contributed by atoms with E-state index in [0.29, 0.717) is 0 Å². The number of rotatable bonds is 1. The van der Waals surface area contributed by atoms with Crippen molar-refractivity contribution >= 4 is 0 Å². The molecule has 0 bridgehead atoms. The van der Waals surface area contributed by atoms with Crippen LogP contribution < -0.4 is 4.74 Å². The van der Waals surface area contributed by atoms with E-state index in [9.17, 15) is 0 Å². The lowest BCUT2D eigenvalue weighted by Gasteiger charge is -1.93. The van der Waals surface area contributed by atoms with Crippen LogP contribution in [0.2, 0.25) is 0 Å². The van der Waals surface area contributed by atoms with Gasteiger partial charge in [0.15, 0.2) is 0 Å². The minimum atomic E-state index is 0.0880. The van der Waals surface area contributed by atoms with Crippen molar-refractivity contribution < 1.29 is 8.85 Å². The van der Waals surface area contributed by atoms with Crippen LogP contribution >= 0.6 is 0 Å². The van der Waals surface area contributed by atoms with E-state index in [1.54, 1.807) is 0 Å². The minimum absolute atomic E-state index is 0.0880. The van der Waals surface area contributed by atoms with Crippen molar-refractivity contribution in [1.29, 1.82) is 0 Å². The molecule has 0 unspecified atom stereocenters. The Morgan fingerprint density at radius 1 is 1.50 bits per heavy atom. The molecule has 0 saturated carbocycles. The van der Waals surface area contributed by atoms with Crippen LogP contribution in [-0.4, -0.2) is 7.11 Å². The molecular weight excluding hydrogens is 100 g/mol. The highest BCUT2D eigenvalue weighted by atomic mass is 16.5. The van der Waals surface area contributed by atoms with E-state index in [1.165, 1.54) is 19.2 Å². The van der Waals surface area contributed by atoms with Crippen LogP contribution in [0.1, 0.15) is 4.11 Å². The molecule has 0 radical (unpaired) electrons. The molecule has 0 aromatic heterocycles. The van der Waals surface area contributed by atoms with E-state index in [1.807, 2.05) is 0 Å². The average Bonchev–Trinajstić information content (AvgIpc) is 1.85. The molecule has 1 aromatic rings. The van der Waals surface area contributed by atoms with Gasteiger partial charge in [-0.05, 0) is 12.1 Å². The molecular formula is C7H8O. The predicted octanol–water partition coefficient (Wildman–Crippen LogP) is 1.70. The molecule has 0 N–H and O–H groups in total. The van der Waals surface area contributed by atoms with E-state index in [4.69, 9.17) is 8.85 Å². The summed E-state index contributed by atoms with van der Waals surface area (Å²) in [6, 6.07) is 3.03. The van der Waals surface area contributed by atoms with Crippen LogP contribution in [0.3, 0.4) is 0 Å². The highest BCUT2D eigenvalue weighted by molar-refractivity contribution is 5.20. The molecule has 8 heavy (non-hydrogen) atoms. The lowest BCUT2D eigenvalue weighted by molar-refractivity contribution is 0.415. The van der Waals surface area contributed by atoms with Crippen molar-refractivity contribution in [3.8, 4) is 5.75 Å². The van der Waals surface area contributed by atoms with Crippen LogP contribution in [-0.2, 0) is 0 Å². The summed E-state index contributed by atoms with van der Waals surface area (Å²) < 4.78 is 26.5. The third kappa shape index (κ3) is 0.997. The number of para-hydroxylation sites is 1. The second kappa shape index (κ2) is 2.36. The SMILES string of the molecule is [2H]c1cc([2H])c(OC)c([2H])c1. The molecule has 0 amide bonds. The molecule has 0 atom stereocenters. The second-order valence-corrected chi connectivity index (χ2v) is 1.28. The third-order valence-corrected chi connectivity index (χ3v) is 0.777. The van der Waals surface area contributed by atoms with Gasteiger partial charge in [0.05, 0.1) is 11.2 Å². The van der Waals surface area contributed by atoms with Crippen molar-refractivity contribution in [2.75, 3.05) is 7.11 Å². The van der Waals surface area contributed by atoms with Gasteiger partial charge in [0.2, 0.25) is 0 Å². The number of hydrogen-bond donors (Lipinski definition) is 0. The Kier molecular flexibility index (Phi) is 0.747. The Bertz CT molecular complexity index is 249. The molecule has 1 aromatic carbocycles. The molecule has 0 heterocycles. The van der Waals surface area contributed by atoms with Gasteiger partial charge in [0.25, 0.3) is 0 Å². The molecule has 42 valence electrons. The van der Waals surface area contributed by atoms with Gasteiger partial charge in [-0.15, -0.1) is 0 Å². The number of ether oxygens (including phenoxy) is 1. The van der Waals surface area contributed by atoms with Crippen LogP contribution in [0.15, 0.2) is 30.3 Å². The smallest absolute Gasteiger partial charge is 0.118 e. The summed E-state index contributed by atoms with van der Waals surface area (Å²) in [5.74, 6) is 0.223. The van der Waals surface area contributed by atoms with Gasteiger partial charge in [0.1, 0.15) is 5.75 Å². The zero-order chi connectivity index (χ0) is 8.43. The van der Waals surface area contributed by atoms with E-state index in [0.717, 1.165) is 0 Å². The zero-order valence-corrected chi connectivity index (χ0v) is 4.56. The summed E-state index contributed by atoms with van der Waals surface area (Å²) in [4.78, 5) is 0. The summed E-state index contributed by atoms with van der Waals surface area (Å²) in [5.41, 5.74) is 0. The Hall–Kier alpha value is -0.980. The second-order valence-electron chi connectivity index (χ2n) is 1.28. The topological polar surface area (TPSA) is 9.23 Å². The first-order valence-corrected chi connectivity index (χ1v) is 2.27. The molecule has 0 aliphatic rings. The van der Waals surface area contributed by atoms with Crippen LogP contribution in [0.5, 0.6) is 5.75 Å². The molecule has 0 saturated heterocycles. The molecule has 0 fully saturated rings. The molecule has 0 aliphatic carbocycles. The van der Waals surface area contributed by atoms with Gasteiger partial charge in [-0.1, -0.05) is 18.2 Å². The van der Waals surface area contributed by atoms with Crippen molar-refractivity contribution in [2.45, 2.75) is 0 Å². The lowest BCUT2D eigenvalue weighted by atomic mass is 10.3. The van der Waals surface area contributed by atoms with Crippen molar-refractivity contribution in [1.82, 2.24) is 0 Å². The number of benzene rings is 1. The molecule has 0 spiro atoms. The van der Waals surface area contributed by atoms with Gasteiger partial charge in [-0.3, -0.25) is 0 Å². The summed E-state index contributed by atoms with van der Waals surface area (Å²) >= 11 is 0. The fourth-order valence-corrected chi connectivity index (χ4v) is 0.416. The fourth-order valence-electron chi connectivity index (χ4n) is 0.416. The lowest BCUT2D eigenvalue weighted by Crippen LogP contribution is -1.78. The standard InChI is InChI=1S/C7H8O/c1-8-7-5-3-2-4-6-7/h2-6H,1H3/i2D,5D,6D. The average molecular weight is 111 g/mol. The maximum absolute atomic E-state index is 7.29. The van der Waals surface area contributed by atoms with Gasteiger partial charge in [-0.2, -0.15) is 0 Å². The monoisotopic (exact) mass is 111 g/mol. The first-order chi connectivity index (χ1) is 5.15. The predicted molar refractivity (Wildman–Crippen MR) is 33.0 cm³/mol. The van der Waals surface area contributed by atoms with Crippen LogP contribution in [0.4, 0.5) is 0 Å². The maximum atomic E-state index is 7.29. The third-order valence-electron chi connectivity index (χ3n) is 0.777. The highest BCUT2D eigenvalue weighted by Gasteiger charge is 1.80. The van der Waals surface area contributed by atoms with E-state index < -0.39 is 0 Å². The first kappa shape index (κ1) is 2.53. The summed E-state index contributed by atoms with van der Waals surface area (Å²) in [6.07, 6.45) is 0.